The van der Waals surface area contributed by atoms with Crippen molar-refractivity contribution in [2.45, 2.75) is 6.10 Å². The van der Waals surface area contributed by atoms with Gasteiger partial charge in [0.2, 0.25) is 6.10 Å². The molecule has 0 aromatic heterocycles. The van der Waals surface area contributed by atoms with Crippen LogP contribution in [0.25, 0.3) is 0 Å². The first-order valence-electron chi connectivity index (χ1n) is 7.51. The molecule has 1 heterocycles. The molecule has 25 heavy (non-hydrogen) atoms. The smallest absolute Gasteiger partial charge is 0.351 e. The molecule has 1 aliphatic heterocycles. The van der Waals surface area contributed by atoms with Gasteiger partial charge in [0, 0.05) is 5.69 Å². The third kappa shape index (κ3) is 4.06. The number of rotatable bonds is 4. The minimum absolute atomic E-state index is 0.0209. The number of esters is 1. The van der Waals surface area contributed by atoms with Gasteiger partial charge in [0.1, 0.15) is 6.61 Å². The Labute approximate surface area is 143 Å². The predicted octanol–water partition coefficient (Wildman–Crippen LogP) is 1.88. The van der Waals surface area contributed by atoms with E-state index in [0.717, 1.165) is 0 Å². The summed E-state index contributed by atoms with van der Waals surface area (Å²) >= 11 is 0. The van der Waals surface area contributed by atoms with E-state index in [2.05, 4.69) is 5.32 Å². The van der Waals surface area contributed by atoms with E-state index in [1.807, 2.05) is 6.07 Å². The van der Waals surface area contributed by atoms with Crippen LogP contribution in [0.2, 0.25) is 0 Å². The molecule has 0 spiro atoms. The number of nitrogens with one attached hydrogen (secondary N) is 1. The molecule has 0 radical (unpaired) electrons. The molecule has 0 unspecified atom stereocenters. The number of hydrogen-bond donors (Lipinski definition) is 1. The van der Waals surface area contributed by atoms with Gasteiger partial charge in [0.15, 0.2) is 18.1 Å². The van der Waals surface area contributed by atoms with E-state index in [-0.39, 0.29) is 6.61 Å². The number of nitrogens with zero attached hydrogens (tertiary/aromatic N) is 1. The molecule has 126 valence electrons. The van der Waals surface area contributed by atoms with Gasteiger partial charge < -0.3 is 19.5 Å². The normalized spacial score (nSPS) is 14.9. The molecule has 0 fully saturated rings. The third-order valence-electron chi connectivity index (χ3n) is 3.41. The van der Waals surface area contributed by atoms with Crippen LogP contribution in [0.1, 0.15) is 5.56 Å². The number of nitriles is 1. The quantitative estimate of drug-likeness (QED) is 0.855. The van der Waals surface area contributed by atoms with Crippen LogP contribution < -0.4 is 14.8 Å². The Balaban J connectivity index is 1.49. The summed E-state index contributed by atoms with van der Waals surface area (Å²) < 4.78 is 15.9. The maximum absolute atomic E-state index is 12.0. The standard InChI is InChI=1S/C18H14N2O5/c19-9-12-5-7-13(8-6-12)20-17(21)11-24-18(22)16-10-23-14-3-1-2-4-15(14)25-16/h1-8,16H,10-11H2,(H,20,21)/t16-/m0/s1. The Morgan fingerprint density at radius 2 is 1.88 bits per heavy atom. The first-order chi connectivity index (χ1) is 12.2. The number of benzene rings is 2. The van der Waals surface area contributed by atoms with Gasteiger partial charge in [-0.25, -0.2) is 4.79 Å². The van der Waals surface area contributed by atoms with Crippen molar-refractivity contribution >= 4 is 17.6 Å². The Bertz CT molecular complexity index is 826. The summed E-state index contributed by atoms with van der Waals surface area (Å²) in [7, 11) is 0. The molecular formula is C18H14N2O5. The van der Waals surface area contributed by atoms with Crippen molar-refractivity contribution in [2.75, 3.05) is 18.5 Å². The number of hydrogen-bond acceptors (Lipinski definition) is 6. The highest BCUT2D eigenvalue weighted by Gasteiger charge is 2.29. The summed E-state index contributed by atoms with van der Waals surface area (Å²) in [6.07, 6.45) is -0.919. The fraction of sp³-hybridized carbons (Fsp3) is 0.167. The summed E-state index contributed by atoms with van der Waals surface area (Å²) in [4.78, 5) is 23.8. The first-order valence-corrected chi connectivity index (χ1v) is 7.51. The topological polar surface area (TPSA) is 97.7 Å². The molecule has 1 N–H and O–H groups in total. The molecule has 2 aromatic rings. The highest BCUT2D eigenvalue weighted by molar-refractivity contribution is 5.93. The third-order valence-corrected chi connectivity index (χ3v) is 3.41. The largest absolute Gasteiger partial charge is 0.485 e. The lowest BCUT2D eigenvalue weighted by molar-refractivity contribution is -0.156. The zero-order valence-corrected chi connectivity index (χ0v) is 13.1. The molecule has 0 bridgehead atoms. The van der Waals surface area contributed by atoms with Crippen LogP contribution >= 0.6 is 0 Å². The number of amides is 1. The maximum Gasteiger partial charge on any atom is 0.351 e. The highest BCUT2D eigenvalue weighted by atomic mass is 16.6. The van der Waals surface area contributed by atoms with Crippen molar-refractivity contribution in [3.05, 3.63) is 54.1 Å². The number of anilines is 1. The van der Waals surface area contributed by atoms with Crippen LogP contribution in [0.15, 0.2) is 48.5 Å². The van der Waals surface area contributed by atoms with Gasteiger partial charge >= 0.3 is 5.97 Å². The zero-order valence-electron chi connectivity index (χ0n) is 13.1. The Hall–Kier alpha value is -3.53. The summed E-state index contributed by atoms with van der Waals surface area (Å²) in [5, 5.41) is 11.3. The second kappa shape index (κ2) is 7.36. The minimum Gasteiger partial charge on any atom is -0.485 e. The van der Waals surface area contributed by atoms with Crippen molar-refractivity contribution in [1.82, 2.24) is 0 Å². The molecule has 0 saturated heterocycles. The molecule has 3 rings (SSSR count). The number of fused-ring (bicyclic) bond motifs is 1. The molecule has 1 aliphatic rings. The maximum atomic E-state index is 12.0. The van der Waals surface area contributed by atoms with E-state index in [1.165, 1.54) is 0 Å². The van der Waals surface area contributed by atoms with Crippen molar-refractivity contribution in [1.29, 1.82) is 5.26 Å². The second-order valence-corrected chi connectivity index (χ2v) is 5.21. The SMILES string of the molecule is N#Cc1ccc(NC(=O)COC(=O)[C@@H]2COc3ccccc3O2)cc1. The summed E-state index contributed by atoms with van der Waals surface area (Å²) in [5.74, 6) is -0.150. The van der Waals surface area contributed by atoms with Crippen LogP contribution in [0, 0.1) is 11.3 Å². The van der Waals surface area contributed by atoms with Crippen molar-refractivity contribution in [2.24, 2.45) is 0 Å². The van der Waals surface area contributed by atoms with Gasteiger partial charge in [-0.2, -0.15) is 5.26 Å². The van der Waals surface area contributed by atoms with Crippen LogP contribution in [0.4, 0.5) is 5.69 Å². The fourth-order valence-electron chi connectivity index (χ4n) is 2.19. The molecule has 0 aliphatic carbocycles. The van der Waals surface area contributed by atoms with E-state index in [9.17, 15) is 9.59 Å². The average Bonchev–Trinajstić information content (AvgIpc) is 2.66. The highest BCUT2D eigenvalue weighted by Crippen LogP contribution is 2.31. The molecule has 7 nitrogen and oxygen atoms in total. The minimum atomic E-state index is -0.919. The van der Waals surface area contributed by atoms with E-state index in [4.69, 9.17) is 19.5 Å². The van der Waals surface area contributed by atoms with Gasteiger partial charge in [-0.3, -0.25) is 4.79 Å². The van der Waals surface area contributed by atoms with Crippen LogP contribution in [0.5, 0.6) is 11.5 Å². The average molecular weight is 338 g/mol. The lowest BCUT2D eigenvalue weighted by Crippen LogP contribution is -2.39. The zero-order chi connectivity index (χ0) is 17.6. The van der Waals surface area contributed by atoms with Gasteiger partial charge in [0.25, 0.3) is 5.91 Å². The number of carbonyl (C=O) groups excluding carboxylic acids is 2. The lowest BCUT2D eigenvalue weighted by Gasteiger charge is -2.24. The number of ether oxygens (including phenoxy) is 3. The monoisotopic (exact) mass is 338 g/mol. The summed E-state index contributed by atoms with van der Waals surface area (Å²) in [6.45, 7) is -0.423. The number of carbonyl (C=O) groups is 2. The Morgan fingerprint density at radius 3 is 2.60 bits per heavy atom. The van der Waals surface area contributed by atoms with Crippen LogP contribution in [-0.4, -0.2) is 31.2 Å². The lowest BCUT2D eigenvalue weighted by atomic mass is 10.2. The summed E-state index contributed by atoms with van der Waals surface area (Å²) in [5.41, 5.74) is 0.991. The van der Waals surface area contributed by atoms with Crippen molar-refractivity contribution in [3.63, 3.8) is 0 Å². The summed E-state index contributed by atoms with van der Waals surface area (Å²) in [6, 6.07) is 15.3. The van der Waals surface area contributed by atoms with Gasteiger partial charge in [0.05, 0.1) is 11.6 Å². The predicted molar refractivity (Wildman–Crippen MR) is 87.1 cm³/mol. The molecule has 1 atom stereocenters. The van der Waals surface area contributed by atoms with Gasteiger partial charge in [-0.15, -0.1) is 0 Å². The number of para-hydroxylation sites is 2. The van der Waals surface area contributed by atoms with E-state index in [0.29, 0.717) is 22.7 Å². The van der Waals surface area contributed by atoms with Gasteiger partial charge in [-0.1, -0.05) is 12.1 Å². The van der Waals surface area contributed by atoms with E-state index >= 15 is 0 Å². The molecule has 2 aromatic carbocycles. The second-order valence-electron chi connectivity index (χ2n) is 5.21. The Kier molecular flexibility index (Phi) is 4.81. The molecule has 0 saturated carbocycles. The van der Waals surface area contributed by atoms with E-state index in [1.54, 1.807) is 48.5 Å². The van der Waals surface area contributed by atoms with Crippen LogP contribution in [0.3, 0.4) is 0 Å². The van der Waals surface area contributed by atoms with Gasteiger partial charge in [-0.05, 0) is 36.4 Å². The first kappa shape index (κ1) is 16.3. The van der Waals surface area contributed by atoms with E-state index < -0.39 is 24.6 Å². The fourth-order valence-corrected chi connectivity index (χ4v) is 2.19. The molecular weight excluding hydrogens is 324 g/mol. The van der Waals surface area contributed by atoms with Crippen molar-refractivity contribution < 1.29 is 23.8 Å². The van der Waals surface area contributed by atoms with Crippen molar-refractivity contribution in [3.8, 4) is 17.6 Å². The Morgan fingerprint density at radius 1 is 1.16 bits per heavy atom. The molecule has 1 amide bonds. The van der Waals surface area contributed by atoms with Crippen LogP contribution in [-0.2, 0) is 14.3 Å². The molecule has 7 heteroatoms.